The molecule has 1 aromatic carbocycles. The number of unbranched alkanes of at least 4 members (excludes halogenated alkanes) is 1. The lowest BCUT2D eigenvalue weighted by Gasteiger charge is -2.43. The summed E-state index contributed by atoms with van der Waals surface area (Å²) in [5.41, 5.74) is 0.671. The largest absolute Gasteiger partial charge is 0.478 e. The second-order valence-corrected chi connectivity index (χ2v) is 7.77. The summed E-state index contributed by atoms with van der Waals surface area (Å²) in [6, 6.07) is 7.18. The Morgan fingerprint density at radius 2 is 2.00 bits per heavy atom. The fourth-order valence-electron chi connectivity index (χ4n) is 3.19. The minimum atomic E-state index is -0.927. The van der Waals surface area contributed by atoms with Crippen LogP contribution in [-0.2, 0) is 4.74 Å². The van der Waals surface area contributed by atoms with E-state index in [1.165, 1.54) is 0 Å². The first kappa shape index (κ1) is 20.1. The number of hydrogen-bond acceptors (Lipinski definition) is 4. The average molecular weight is 362 g/mol. The number of carbonyl (C=O) groups is 2. The van der Waals surface area contributed by atoms with E-state index in [0.717, 1.165) is 24.9 Å². The molecule has 6 heteroatoms. The molecule has 2 rings (SSSR count). The van der Waals surface area contributed by atoms with Gasteiger partial charge in [-0.15, -0.1) is 0 Å². The molecule has 1 aromatic rings. The Morgan fingerprint density at radius 1 is 1.27 bits per heavy atom. The number of rotatable bonds is 5. The van der Waals surface area contributed by atoms with Crippen molar-refractivity contribution >= 4 is 17.7 Å². The second kappa shape index (κ2) is 8.43. The molecule has 1 aliphatic heterocycles. The van der Waals surface area contributed by atoms with Gasteiger partial charge in [0.2, 0.25) is 0 Å². The van der Waals surface area contributed by atoms with E-state index < -0.39 is 11.6 Å². The van der Waals surface area contributed by atoms with Crippen molar-refractivity contribution in [2.75, 3.05) is 24.5 Å². The van der Waals surface area contributed by atoms with Crippen LogP contribution in [0.5, 0.6) is 0 Å². The zero-order valence-corrected chi connectivity index (χ0v) is 16.2. The highest BCUT2D eigenvalue weighted by Crippen LogP contribution is 2.25. The Labute approximate surface area is 155 Å². The van der Waals surface area contributed by atoms with Crippen molar-refractivity contribution in [1.82, 2.24) is 4.90 Å². The highest BCUT2D eigenvalue weighted by Gasteiger charge is 2.32. The molecule has 1 saturated heterocycles. The van der Waals surface area contributed by atoms with Gasteiger partial charge in [-0.1, -0.05) is 25.8 Å². The molecule has 1 aliphatic rings. The third-order valence-corrected chi connectivity index (χ3v) is 4.45. The Balaban J connectivity index is 2.16. The third kappa shape index (κ3) is 5.38. The van der Waals surface area contributed by atoms with Crippen molar-refractivity contribution in [1.29, 1.82) is 0 Å². The molecular weight excluding hydrogens is 332 g/mol. The smallest absolute Gasteiger partial charge is 0.410 e. The number of carboxylic acids is 1. The molecule has 144 valence electrons. The van der Waals surface area contributed by atoms with Crippen LogP contribution in [0.4, 0.5) is 10.5 Å². The Kier molecular flexibility index (Phi) is 6.51. The van der Waals surface area contributed by atoms with Crippen molar-refractivity contribution in [3.05, 3.63) is 29.8 Å². The van der Waals surface area contributed by atoms with Gasteiger partial charge < -0.3 is 19.6 Å². The van der Waals surface area contributed by atoms with E-state index in [2.05, 4.69) is 11.8 Å². The van der Waals surface area contributed by atoms with Crippen LogP contribution in [0, 0.1) is 0 Å². The molecule has 1 fully saturated rings. The van der Waals surface area contributed by atoms with Crippen LogP contribution in [0.15, 0.2) is 24.3 Å². The highest BCUT2D eigenvalue weighted by molar-refractivity contribution is 5.88. The van der Waals surface area contributed by atoms with E-state index in [4.69, 9.17) is 4.74 Å². The number of carbonyl (C=O) groups excluding carboxylic acids is 1. The van der Waals surface area contributed by atoms with Gasteiger partial charge in [0.15, 0.2) is 0 Å². The summed E-state index contributed by atoms with van der Waals surface area (Å²) in [6.45, 7) is 9.56. The molecule has 1 heterocycles. The van der Waals surface area contributed by atoms with Crippen molar-refractivity contribution in [2.24, 2.45) is 0 Å². The number of anilines is 1. The zero-order valence-electron chi connectivity index (χ0n) is 16.2. The molecule has 1 atom stereocenters. The maximum Gasteiger partial charge on any atom is 0.410 e. The van der Waals surface area contributed by atoms with Crippen LogP contribution < -0.4 is 4.90 Å². The Morgan fingerprint density at radius 3 is 2.62 bits per heavy atom. The summed E-state index contributed by atoms with van der Waals surface area (Å²) in [5, 5.41) is 9.25. The summed E-state index contributed by atoms with van der Waals surface area (Å²) >= 11 is 0. The van der Waals surface area contributed by atoms with Crippen LogP contribution in [0.25, 0.3) is 0 Å². The van der Waals surface area contributed by atoms with Gasteiger partial charge in [0.25, 0.3) is 0 Å². The van der Waals surface area contributed by atoms with E-state index in [9.17, 15) is 14.7 Å². The van der Waals surface area contributed by atoms with Crippen LogP contribution in [0.3, 0.4) is 0 Å². The van der Waals surface area contributed by atoms with E-state index in [1.54, 1.807) is 23.1 Å². The van der Waals surface area contributed by atoms with Crippen molar-refractivity contribution in [3.63, 3.8) is 0 Å². The molecule has 0 spiro atoms. The summed E-state index contributed by atoms with van der Waals surface area (Å²) < 4.78 is 5.51. The quantitative estimate of drug-likeness (QED) is 0.857. The van der Waals surface area contributed by atoms with Gasteiger partial charge in [-0.3, -0.25) is 0 Å². The molecule has 0 radical (unpaired) electrons. The molecule has 0 saturated carbocycles. The number of nitrogens with zero attached hydrogens (tertiary/aromatic N) is 2. The average Bonchev–Trinajstić information content (AvgIpc) is 2.58. The lowest BCUT2D eigenvalue weighted by molar-refractivity contribution is 0.0211. The Hall–Kier alpha value is -2.24. The molecule has 0 aromatic heterocycles. The lowest BCUT2D eigenvalue weighted by atomic mass is 10.0. The molecule has 1 amide bonds. The highest BCUT2D eigenvalue weighted by atomic mass is 16.6. The number of ether oxygens (including phenoxy) is 1. The maximum absolute atomic E-state index is 12.4. The fourth-order valence-corrected chi connectivity index (χ4v) is 3.19. The topological polar surface area (TPSA) is 70.1 Å². The predicted octanol–water partition coefficient (Wildman–Crippen LogP) is 4.00. The number of aromatic carboxylic acids is 1. The van der Waals surface area contributed by atoms with Gasteiger partial charge >= 0.3 is 12.1 Å². The zero-order chi connectivity index (χ0) is 19.3. The molecule has 0 aliphatic carbocycles. The molecule has 1 N–H and O–H groups in total. The molecule has 6 nitrogen and oxygen atoms in total. The van der Waals surface area contributed by atoms with Gasteiger partial charge in [-0.05, 0) is 45.4 Å². The van der Waals surface area contributed by atoms with E-state index in [-0.39, 0.29) is 17.7 Å². The first-order valence-electron chi connectivity index (χ1n) is 9.29. The molecule has 1 unspecified atom stereocenters. The van der Waals surface area contributed by atoms with Crippen LogP contribution in [-0.4, -0.2) is 53.3 Å². The standard InChI is InChI=1S/C20H30N2O4/c1-5-6-9-17-14-21(19(25)26-20(2,3)4)11-12-22(17)16-10-7-8-15(13-16)18(23)24/h7-8,10,13,17H,5-6,9,11-12,14H2,1-4H3,(H,23,24). The summed E-state index contributed by atoms with van der Waals surface area (Å²) in [7, 11) is 0. The fraction of sp³-hybridized carbons (Fsp3) is 0.600. The number of benzene rings is 1. The third-order valence-electron chi connectivity index (χ3n) is 4.45. The molecule has 0 bridgehead atoms. The van der Waals surface area contributed by atoms with E-state index in [1.807, 2.05) is 26.8 Å². The SMILES string of the molecule is CCCCC1CN(C(=O)OC(C)(C)C)CCN1c1cccc(C(=O)O)c1. The van der Waals surface area contributed by atoms with Gasteiger partial charge in [-0.2, -0.15) is 0 Å². The van der Waals surface area contributed by atoms with Crippen molar-refractivity contribution in [3.8, 4) is 0 Å². The molecular formula is C20H30N2O4. The van der Waals surface area contributed by atoms with E-state index >= 15 is 0 Å². The number of hydrogen-bond donors (Lipinski definition) is 1. The van der Waals surface area contributed by atoms with E-state index in [0.29, 0.717) is 19.6 Å². The number of piperazine rings is 1. The van der Waals surface area contributed by atoms with Crippen LogP contribution in [0.2, 0.25) is 0 Å². The van der Waals surface area contributed by atoms with Gasteiger partial charge in [0, 0.05) is 31.4 Å². The minimum absolute atomic E-state index is 0.153. The number of carboxylic acid groups (broad SMARTS) is 1. The second-order valence-electron chi connectivity index (χ2n) is 7.77. The van der Waals surface area contributed by atoms with Crippen LogP contribution in [0.1, 0.15) is 57.3 Å². The number of amides is 1. The van der Waals surface area contributed by atoms with Crippen molar-refractivity contribution < 1.29 is 19.4 Å². The summed E-state index contributed by atoms with van der Waals surface area (Å²) in [4.78, 5) is 27.7. The molecule has 26 heavy (non-hydrogen) atoms. The van der Waals surface area contributed by atoms with Crippen molar-refractivity contribution in [2.45, 2.75) is 58.6 Å². The minimum Gasteiger partial charge on any atom is -0.478 e. The van der Waals surface area contributed by atoms with Gasteiger partial charge in [0.05, 0.1) is 5.56 Å². The first-order valence-corrected chi connectivity index (χ1v) is 9.29. The predicted molar refractivity (Wildman–Crippen MR) is 102 cm³/mol. The van der Waals surface area contributed by atoms with Gasteiger partial charge in [0.1, 0.15) is 5.60 Å². The summed E-state index contributed by atoms with van der Waals surface area (Å²) in [6.07, 6.45) is 2.80. The van der Waals surface area contributed by atoms with Gasteiger partial charge in [-0.25, -0.2) is 9.59 Å². The Bertz CT molecular complexity index is 639. The maximum atomic E-state index is 12.4. The van der Waals surface area contributed by atoms with Crippen LogP contribution >= 0.6 is 0 Å². The first-order chi connectivity index (χ1) is 12.2. The monoisotopic (exact) mass is 362 g/mol. The normalized spacial score (nSPS) is 17.9. The summed E-state index contributed by atoms with van der Waals surface area (Å²) in [5.74, 6) is -0.927. The lowest BCUT2D eigenvalue weighted by Crippen LogP contribution is -2.55.